The summed E-state index contributed by atoms with van der Waals surface area (Å²) in [6.07, 6.45) is 3.29. The monoisotopic (exact) mass is 305 g/mol. The molecular weight excluding hydrogens is 274 g/mol. The maximum absolute atomic E-state index is 10.0. The smallest absolute Gasteiger partial charge is 0.0900 e. The molecule has 0 aliphatic carbocycles. The summed E-state index contributed by atoms with van der Waals surface area (Å²) in [5.74, 6) is 1.31. The van der Waals surface area contributed by atoms with Crippen LogP contribution in [0.2, 0.25) is 0 Å². The third-order valence-electron chi connectivity index (χ3n) is 4.30. The third kappa shape index (κ3) is 6.47. The zero-order valence-electron chi connectivity index (χ0n) is 14.1. The zero-order valence-corrected chi connectivity index (χ0v) is 14.1. The lowest BCUT2D eigenvalue weighted by Gasteiger charge is -2.33. The Balaban J connectivity index is 1.62. The number of aliphatic hydroxyl groups is 1. The summed E-state index contributed by atoms with van der Waals surface area (Å²) >= 11 is 0. The van der Waals surface area contributed by atoms with Gasteiger partial charge in [-0.05, 0) is 49.8 Å². The quantitative estimate of drug-likeness (QED) is 0.801. The van der Waals surface area contributed by atoms with Crippen molar-refractivity contribution >= 4 is 0 Å². The molecule has 1 atom stereocenters. The average Bonchev–Trinajstić information content (AvgIpc) is 2.50. The van der Waals surface area contributed by atoms with Crippen LogP contribution in [0.25, 0.3) is 0 Å². The molecule has 1 N–H and O–H groups in total. The van der Waals surface area contributed by atoms with Gasteiger partial charge in [0.25, 0.3) is 0 Å². The lowest BCUT2D eigenvalue weighted by molar-refractivity contribution is 0.00307. The molecular formula is C19H31NO2. The number of benzene rings is 1. The number of nitrogens with zero attached hydrogens (tertiary/aromatic N) is 1. The first-order chi connectivity index (χ1) is 10.6. The van der Waals surface area contributed by atoms with Crippen LogP contribution in [-0.2, 0) is 11.2 Å². The van der Waals surface area contributed by atoms with Gasteiger partial charge in [-0.25, -0.2) is 0 Å². The number of hydrogen-bond acceptors (Lipinski definition) is 3. The molecule has 0 spiro atoms. The summed E-state index contributed by atoms with van der Waals surface area (Å²) < 4.78 is 5.52. The SMILES string of the molecule is CC(C)COCC(O)CN1CCC(Cc2ccccc2)CC1. The Morgan fingerprint density at radius 2 is 1.82 bits per heavy atom. The summed E-state index contributed by atoms with van der Waals surface area (Å²) in [7, 11) is 0. The third-order valence-corrected chi connectivity index (χ3v) is 4.30. The number of likely N-dealkylation sites (tertiary alicyclic amines) is 1. The molecule has 2 rings (SSSR count). The molecule has 1 aliphatic rings. The van der Waals surface area contributed by atoms with Crippen molar-refractivity contribution in [2.45, 2.75) is 39.2 Å². The van der Waals surface area contributed by atoms with E-state index >= 15 is 0 Å². The molecule has 3 nitrogen and oxygen atoms in total. The van der Waals surface area contributed by atoms with Gasteiger partial charge in [0.05, 0.1) is 12.7 Å². The van der Waals surface area contributed by atoms with Crippen molar-refractivity contribution in [1.82, 2.24) is 4.90 Å². The standard InChI is InChI=1S/C19H31NO2/c1-16(2)14-22-15-19(21)13-20-10-8-18(9-11-20)12-17-6-4-3-5-7-17/h3-7,16,18-19,21H,8-15H2,1-2H3. The zero-order chi connectivity index (χ0) is 15.8. The fourth-order valence-corrected chi connectivity index (χ4v) is 3.11. The van der Waals surface area contributed by atoms with Gasteiger partial charge in [-0.1, -0.05) is 44.2 Å². The van der Waals surface area contributed by atoms with Gasteiger partial charge in [0.1, 0.15) is 0 Å². The molecule has 1 aliphatic heterocycles. The molecule has 0 radical (unpaired) electrons. The number of ether oxygens (including phenoxy) is 1. The van der Waals surface area contributed by atoms with Gasteiger partial charge >= 0.3 is 0 Å². The number of rotatable bonds is 8. The van der Waals surface area contributed by atoms with Crippen LogP contribution in [0.15, 0.2) is 30.3 Å². The molecule has 3 heteroatoms. The van der Waals surface area contributed by atoms with Crippen molar-refractivity contribution in [2.24, 2.45) is 11.8 Å². The Hall–Kier alpha value is -0.900. The van der Waals surface area contributed by atoms with Crippen LogP contribution in [0.4, 0.5) is 0 Å². The van der Waals surface area contributed by atoms with Gasteiger partial charge in [-0.2, -0.15) is 0 Å². The van der Waals surface area contributed by atoms with E-state index in [2.05, 4.69) is 49.1 Å². The molecule has 0 saturated carbocycles. The Morgan fingerprint density at radius 1 is 1.14 bits per heavy atom. The second kappa shape index (κ2) is 9.29. The van der Waals surface area contributed by atoms with Crippen LogP contribution in [0.5, 0.6) is 0 Å². The van der Waals surface area contributed by atoms with E-state index < -0.39 is 0 Å². The normalized spacial score (nSPS) is 18.7. The van der Waals surface area contributed by atoms with Gasteiger partial charge in [0.2, 0.25) is 0 Å². The predicted molar refractivity (Wildman–Crippen MR) is 91.0 cm³/mol. The van der Waals surface area contributed by atoms with Gasteiger partial charge in [-0.15, -0.1) is 0 Å². The summed E-state index contributed by atoms with van der Waals surface area (Å²) in [6.45, 7) is 8.39. The number of piperidine rings is 1. The fraction of sp³-hybridized carbons (Fsp3) is 0.684. The van der Waals surface area contributed by atoms with Crippen LogP contribution < -0.4 is 0 Å². The molecule has 1 unspecified atom stereocenters. The Labute approximate surface area is 135 Å². The minimum atomic E-state index is -0.357. The Kier molecular flexibility index (Phi) is 7.37. The number of β-amino-alcohol motifs (C(OH)–C–C–N with tert-alkyl or cyclic N) is 1. The number of aliphatic hydroxyl groups excluding tert-OH is 1. The Morgan fingerprint density at radius 3 is 2.45 bits per heavy atom. The van der Waals surface area contributed by atoms with Crippen molar-refractivity contribution in [3.8, 4) is 0 Å². The van der Waals surface area contributed by atoms with E-state index in [9.17, 15) is 5.11 Å². The van der Waals surface area contributed by atoms with E-state index in [0.717, 1.165) is 32.2 Å². The molecule has 1 aromatic carbocycles. The predicted octanol–water partition coefficient (Wildman–Crippen LogP) is 2.97. The molecule has 124 valence electrons. The summed E-state index contributed by atoms with van der Waals surface area (Å²) in [5, 5.41) is 10.0. The van der Waals surface area contributed by atoms with E-state index in [1.807, 2.05) is 0 Å². The highest BCUT2D eigenvalue weighted by Crippen LogP contribution is 2.21. The number of hydrogen-bond donors (Lipinski definition) is 1. The lowest BCUT2D eigenvalue weighted by atomic mass is 9.90. The maximum atomic E-state index is 10.0. The molecule has 0 bridgehead atoms. The van der Waals surface area contributed by atoms with Crippen molar-refractivity contribution < 1.29 is 9.84 Å². The fourth-order valence-electron chi connectivity index (χ4n) is 3.11. The average molecular weight is 305 g/mol. The van der Waals surface area contributed by atoms with E-state index in [-0.39, 0.29) is 6.10 Å². The first-order valence-electron chi connectivity index (χ1n) is 8.65. The van der Waals surface area contributed by atoms with Gasteiger partial charge in [-0.3, -0.25) is 0 Å². The Bertz CT molecular complexity index is 399. The van der Waals surface area contributed by atoms with Crippen molar-refractivity contribution in [3.05, 3.63) is 35.9 Å². The highest BCUT2D eigenvalue weighted by atomic mass is 16.5. The van der Waals surface area contributed by atoms with E-state index in [4.69, 9.17) is 4.74 Å². The lowest BCUT2D eigenvalue weighted by Crippen LogP contribution is -2.40. The maximum Gasteiger partial charge on any atom is 0.0900 e. The molecule has 22 heavy (non-hydrogen) atoms. The van der Waals surface area contributed by atoms with Crippen LogP contribution in [0, 0.1) is 11.8 Å². The van der Waals surface area contributed by atoms with Crippen LogP contribution in [0.1, 0.15) is 32.3 Å². The summed E-state index contributed by atoms with van der Waals surface area (Å²) in [6, 6.07) is 10.8. The topological polar surface area (TPSA) is 32.7 Å². The first kappa shape index (κ1) is 17.5. The first-order valence-corrected chi connectivity index (χ1v) is 8.65. The molecule has 1 saturated heterocycles. The molecule has 1 aromatic rings. The van der Waals surface area contributed by atoms with E-state index in [0.29, 0.717) is 12.5 Å². The highest BCUT2D eigenvalue weighted by Gasteiger charge is 2.21. The van der Waals surface area contributed by atoms with Crippen LogP contribution in [0.3, 0.4) is 0 Å². The summed E-state index contributed by atoms with van der Waals surface area (Å²) in [4.78, 5) is 2.38. The molecule has 1 fully saturated rings. The van der Waals surface area contributed by atoms with E-state index in [1.54, 1.807) is 0 Å². The molecule has 0 aromatic heterocycles. The second-order valence-electron chi connectivity index (χ2n) is 7.02. The molecule has 1 heterocycles. The minimum absolute atomic E-state index is 0.357. The minimum Gasteiger partial charge on any atom is -0.389 e. The molecule has 0 amide bonds. The highest BCUT2D eigenvalue weighted by molar-refractivity contribution is 5.15. The van der Waals surface area contributed by atoms with Crippen LogP contribution >= 0.6 is 0 Å². The van der Waals surface area contributed by atoms with Gasteiger partial charge in [0, 0.05) is 13.2 Å². The van der Waals surface area contributed by atoms with Crippen LogP contribution in [-0.4, -0.2) is 49.0 Å². The largest absolute Gasteiger partial charge is 0.389 e. The summed E-state index contributed by atoms with van der Waals surface area (Å²) in [5.41, 5.74) is 1.45. The van der Waals surface area contributed by atoms with Crippen molar-refractivity contribution in [2.75, 3.05) is 32.8 Å². The second-order valence-corrected chi connectivity index (χ2v) is 7.02. The van der Waals surface area contributed by atoms with Gasteiger partial charge < -0.3 is 14.7 Å². The van der Waals surface area contributed by atoms with Gasteiger partial charge in [0.15, 0.2) is 0 Å². The van der Waals surface area contributed by atoms with E-state index in [1.165, 1.54) is 24.8 Å². The van der Waals surface area contributed by atoms with Crippen molar-refractivity contribution in [3.63, 3.8) is 0 Å². The van der Waals surface area contributed by atoms with Crippen molar-refractivity contribution in [1.29, 1.82) is 0 Å².